The van der Waals surface area contributed by atoms with Crippen LogP contribution in [0.25, 0.3) is 0 Å². The fraction of sp³-hybridized carbons (Fsp3) is 0.538. The van der Waals surface area contributed by atoms with Gasteiger partial charge in [-0.1, -0.05) is 32.9 Å². The average Bonchev–Trinajstić information content (AvgIpc) is 2.31. The number of hydrogen-bond acceptors (Lipinski definition) is 2. The van der Waals surface area contributed by atoms with Crippen LogP contribution in [0.2, 0.25) is 0 Å². The highest BCUT2D eigenvalue weighted by atomic mass is 79.9. The van der Waals surface area contributed by atoms with E-state index in [1.807, 2.05) is 12.1 Å². The summed E-state index contributed by atoms with van der Waals surface area (Å²) in [6.45, 7) is 7.30. The summed E-state index contributed by atoms with van der Waals surface area (Å²) in [5.74, 6) is 0.387. The van der Waals surface area contributed by atoms with Gasteiger partial charge in [-0.2, -0.15) is 0 Å². The zero-order valence-corrected chi connectivity index (χ0v) is 12.8. The van der Waals surface area contributed by atoms with Gasteiger partial charge in [0.1, 0.15) is 0 Å². The molecule has 1 heterocycles. The van der Waals surface area contributed by atoms with E-state index in [1.54, 1.807) is 0 Å². The topological polar surface area (TPSA) is 29.1 Å². The molecule has 1 aromatic rings. The van der Waals surface area contributed by atoms with E-state index < -0.39 is 10.8 Å². The van der Waals surface area contributed by atoms with Gasteiger partial charge in [-0.15, -0.1) is 0 Å². The summed E-state index contributed by atoms with van der Waals surface area (Å²) in [6, 6.07) is 6.39. The highest BCUT2D eigenvalue weighted by Crippen LogP contribution is 2.40. The number of hydrogen-bond donors (Lipinski definition) is 1. The van der Waals surface area contributed by atoms with Gasteiger partial charge in [0.2, 0.25) is 0 Å². The Bertz CT molecular complexity index is 449. The Balaban J connectivity index is 2.56. The molecule has 0 saturated heterocycles. The summed E-state index contributed by atoms with van der Waals surface area (Å²) in [5, 5.41) is 3.70. The van der Waals surface area contributed by atoms with Gasteiger partial charge in [0.25, 0.3) is 0 Å². The molecule has 0 bridgehead atoms. The maximum Gasteiger partial charge on any atom is 0.0580 e. The molecule has 0 fully saturated rings. The fourth-order valence-corrected chi connectivity index (χ4v) is 4.90. The molecule has 4 unspecified atom stereocenters. The Hall–Kier alpha value is -0.190. The summed E-state index contributed by atoms with van der Waals surface area (Å²) in [7, 11) is -0.913. The molecule has 2 rings (SSSR count). The van der Waals surface area contributed by atoms with Gasteiger partial charge in [0, 0.05) is 15.8 Å². The van der Waals surface area contributed by atoms with E-state index in [9.17, 15) is 4.21 Å². The summed E-state index contributed by atoms with van der Waals surface area (Å²) in [6.07, 6.45) is 0. The first-order chi connectivity index (χ1) is 8.07. The molecule has 94 valence electrons. The second kappa shape index (κ2) is 5.21. The molecule has 0 spiro atoms. The van der Waals surface area contributed by atoms with Crippen LogP contribution in [0.5, 0.6) is 0 Å². The number of rotatable bonds is 2. The first kappa shape index (κ1) is 13.2. The minimum absolute atomic E-state index is 0.185. The number of fused-ring (bicyclic) bond motifs is 1. The quantitative estimate of drug-likeness (QED) is 0.907. The lowest BCUT2D eigenvalue weighted by Crippen LogP contribution is -2.39. The van der Waals surface area contributed by atoms with Crippen molar-refractivity contribution in [2.24, 2.45) is 5.92 Å². The molecule has 1 N–H and O–H groups in total. The third-order valence-electron chi connectivity index (χ3n) is 3.56. The summed E-state index contributed by atoms with van der Waals surface area (Å²) in [4.78, 5) is 0.976. The van der Waals surface area contributed by atoms with Crippen LogP contribution in [-0.4, -0.2) is 16.0 Å². The van der Waals surface area contributed by atoms with Gasteiger partial charge < -0.3 is 5.32 Å². The summed E-state index contributed by atoms with van der Waals surface area (Å²) >= 11 is 3.53. The van der Waals surface area contributed by atoms with Crippen molar-refractivity contribution in [3.8, 4) is 0 Å². The molecule has 17 heavy (non-hydrogen) atoms. The van der Waals surface area contributed by atoms with Crippen molar-refractivity contribution in [2.45, 2.75) is 37.0 Å². The Morgan fingerprint density at radius 3 is 2.76 bits per heavy atom. The maximum absolute atomic E-state index is 12.5. The molecule has 1 aliphatic rings. The second-order valence-corrected chi connectivity index (χ2v) is 7.16. The molecule has 4 atom stereocenters. The zero-order chi connectivity index (χ0) is 12.6. The fourth-order valence-electron chi connectivity index (χ4n) is 2.43. The van der Waals surface area contributed by atoms with Crippen LogP contribution in [0.4, 0.5) is 0 Å². The molecule has 0 aromatic heterocycles. The molecular weight excluding hydrogens is 298 g/mol. The van der Waals surface area contributed by atoms with E-state index in [4.69, 9.17) is 0 Å². The standard InChI is InChI=1S/C13H18BrNOS/c1-4-15-12-8(2)9(3)17(16)13-10(12)6-5-7-11(13)14/h5-9,12,15H,4H2,1-3H3. The number of benzene rings is 1. The highest BCUT2D eigenvalue weighted by molar-refractivity contribution is 9.10. The van der Waals surface area contributed by atoms with Gasteiger partial charge in [0.05, 0.1) is 15.7 Å². The van der Waals surface area contributed by atoms with Gasteiger partial charge in [-0.05, 0) is 40.0 Å². The van der Waals surface area contributed by atoms with Crippen LogP contribution in [0.1, 0.15) is 32.4 Å². The molecule has 2 nitrogen and oxygen atoms in total. The lowest BCUT2D eigenvalue weighted by atomic mass is 9.91. The predicted octanol–water partition coefficient (Wildman–Crippen LogP) is 3.25. The van der Waals surface area contributed by atoms with Gasteiger partial charge in [-0.3, -0.25) is 4.21 Å². The molecule has 1 aliphatic heterocycles. The maximum atomic E-state index is 12.5. The molecule has 0 aliphatic carbocycles. The Morgan fingerprint density at radius 1 is 1.41 bits per heavy atom. The Morgan fingerprint density at radius 2 is 2.12 bits per heavy atom. The minimum atomic E-state index is -0.913. The lowest BCUT2D eigenvalue weighted by molar-refractivity contribution is 0.373. The summed E-state index contributed by atoms with van der Waals surface area (Å²) < 4.78 is 13.4. The highest BCUT2D eigenvalue weighted by Gasteiger charge is 2.36. The van der Waals surface area contributed by atoms with Crippen LogP contribution < -0.4 is 5.32 Å². The van der Waals surface area contributed by atoms with Crippen molar-refractivity contribution in [3.05, 3.63) is 28.2 Å². The molecule has 1 aromatic carbocycles. The van der Waals surface area contributed by atoms with Crippen LogP contribution in [-0.2, 0) is 10.8 Å². The van der Waals surface area contributed by atoms with E-state index in [0.717, 1.165) is 15.9 Å². The second-order valence-electron chi connectivity index (χ2n) is 4.56. The summed E-state index contributed by atoms with van der Waals surface area (Å²) in [5.41, 5.74) is 1.19. The van der Waals surface area contributed by atoms with Crippen molar-refractivity contribution in [1.82, 2.24) is 5.32 Å². The number of nitrogens with one attached hydrogen (secondary N) is 1. The lowest BCUT2D eigenvalue weighted by Gasteiger charge is -2.36. The van der Waals surface area contributed by atoms with Crippen molar-refractivity contribution in [2.75, 3.05) is 6.54 Å². The van der Waals surface area contributed by atoms with Gasteiger partial charge in [-0.25, -0.2) is 0 Å². The van der Waals surface area contributed by atoms with Crippen molar-refractivity contribution >= 4 is 26.7 Å². The molecule has 4 heteroatoms. The van der Waals surface area contributed by atoms with Gasteiger partial charge >= 0.3 is 0 Å². The average molecular weight is 316 g/mol. The number of halogens is 1. The van der Waals surface area contributed by atoms with E-state index in [1.165, 1.54) is 5.56 Å². The van der Waals surface area contributed by atoms with E-state index in [2.05, 4.69) is 48.1 Å². The molecule has 0 saturated carbocycles. The predicted molar refractivity (Wildman–Crippen MR) is 75.6 cm³/mol. The Kier molecular flexibility index (Phi) is 4.06. The van der Waals surface area contributed by atoms with E-state index in [-0.39, 0.29) is 5.25 Å². The molecule has 0 radical (unpaired) electrons. The molecular formula is C13H18BrNOS. The van der Waals surface area contributed by atoms with Crippen molar-refractivity contribution in [1.29, 1.82) is 0 Å². The normalized spacial score (nSPS) is 32.2. The SMILES string of the molecule is CCNC1c2cccc(Br)c2S(=O)C(C)C1C. The van der Waals surface area contributed by atoms with Crippen molar-refractivity contribution in [3.63, 3.8) is 0 Å². The Labute approximate surface area is 114 Å². The van der Waals surface area contributed by atoms with Crippen LogP contribution in [0.3, 0.4) is 0 Å². The largest absolute Gasteiger partial charge is 0.310 e. The third-order valence-corrected chi connectivity index (χ3v) is 6.45. The smallest absolute Gasteiger partial charge is 0.0580 e. The van der Waals surface area contributed by atoms with Crippen LogP contribution in [0, 0.1) is 5.92 Å². The van der Waals surface area contributed by atoms with E-state index >= 15 is 0 Å². The van der Waals surface area contributed by atoms with Crippen molar-refractivity contribution < 1.29 is 4.21 Å². The van der Waals surface area contributed by atoms with Gasteiger partial charge in [0.15, 0.2) is 0 Å². The van der Waals surface area contributed by atoms with E-state index in [0.29, 0.717) is 12.0 Å². The monoisotopic (exact) mass is 315 g/mol. The van der Waals surface area contributed by atoms with Crippen LogP contribution >= 0.6 is 15.9 Å². The first-order valence-corrected chi connectivity index (χ1v) is 8.00. The molecule has 0 amide bonds. The van der Waals surface area contributed by atoms with Crippen LogP contribution in [0.15, 0.2) is 27.6 Å². The first-order valence-electron chi connectivity index (χ1n) is 6.00. The zero-order valence-electron chi connectivity index (χ0n) is 10.4. The minimum Gasteiger partial charge on any atom is -0.310 e. The third kappa shape index (κ3) is 2.23.